The fourth-order valence-electron chi connectivity index (χ4n) is 5.11. The number of carbonyl (C=O) groups excluding carboxylic acids is 1. The topological polar surface area (TPSA) is 97.6 Å². The number of ether oxygens (including phenoxy) is 5. The number of benzene rings is 3. The van der Waals surface area contributed by atoms with Crippen LogP contribution in [0.15, 0.2) is 81.7 Å². The Kier molecular flexibility index (Phi) is 8.45. The van der Waals surface area contributed by atoms with Crippen molar-refractivity contribution in [3.05, 3.63) is 113 Å². The largest absolute Gasteiger partial charge is 0.490 e. The summed E-state index contributed by atoms with van der Waals surface area (Å²) in [5.41, 5.74) is 2.77. The molecule has 1 atom stereocenters. The molecule has 0 unspecified atom stereocenters. The first-order valence-corrected chi connectivity index (χ1v) is 15.3. The molecular weight excluding hydrogens is 604 g/mol. The van der Waals surface area contributed by atoms with E-state index in [0.29, 0.717) is 60.8 Å². The Morgan fingerprint density at radius 2 is 1.86 bits per heavy atom. The van der Waals surface area contributed by atoms with E-state index in [9.17, 15) is 9.59 Å². The third-order valence-electron chi connectivity index (χ3n) is 7.14. The molecule has 4 aromatic rings. The van der Waals surface area contributed by atoms with E-state index in [1.165, 1.54) is 15.9 Å². The highest BCUT2D eigenvalue weighted by Gasteiger charge is 2.34. The highest BCUT2D eigenvalue weighted by Crippen LogP contribution is 2.38. The number of hydrogen-bond acceptors (Lipinski definition) is 9. The fraction of sp³-hybridized carbons (Fsp3) is 0.242. The van der Waals surface area contributed by atoms with E-state index < -0.39 is 12.0 Å². The minimum Gasteiger partial charge on any atom is -0.490 e. The van der Waals surface area contributed by atoms with Crippen LogP contribution in [-0.4, -0.2) is 30.5 Å². The first-order chi connectivity index (χ1) is 21.4. The summed E-state index contributed by atoms with van der Waals surface area (Å²) in [7, 11) is 0. The number of esters is 1. The van der Waals surface area contributed by atoms with E-state index in [2.05, 4.69) is 4.99 Å². The molecule has 0 saturated heterocycles. The number of thiazole rings is 1. The maximum absolute atomic E-state index is 14.0. The molecule has 0 N–H and O–H groups in total. The summed E-state index contributed by atoms with van der Waals surface area (Å²) in [4.78, 5) is 32.3. The third kappa shape index (κ3) is 5.70. The molecule has 6 rings (SSSR count). The lowest BCUT2D eigenvalue weighted by Gasteiger charge is -2.24. The van der Waals surface area contributed by atoms with Crippen LogP contribution in [-0.2, 0) is 16.1 Å². The van der Waals surface area contributed by atoms with Gasteiger partial charge in [0.2, 0.25) is 6.79 Å². The van der Waals surface area contributed by atoms with Crippen LogP contribution in [0.1, 0.15) is 43.5 Å². The van der Waals surface area contributed by atoms with Gasteiger partial charge in [0, 0.05) is 10.6 Å². The molecule has 0 amide bonds. The standard InChI is InChI=1S/C33H29ClN2O7S/c1-4-39-26-14-20(10-12-24(26)41-17-22-8-6-7-9-23(22)34)15-28-31(37)36-30(21-11-13-25-27(16-21)43-18-42-25)29(32(38)40-5-2)19(3)35-33(36)44-28/h6-16,30H,4-5,17-18H2,1-3H3/b28-15-/t30-/m1/s1. The van der Waals surface area contributed by atoms with Gasteiger partial charge in [0.1, 0.15) is 6.61 Å². The van der Waals surface area contributed by atoms with Crippen molar-refractivity contribution in [2.75, 3.05) is 20.0 Å². The van der Waals surface area contributed by atoms with Crippen molar-refractivity contribution in [1.29, 1.82) is 0 Å². The summed E-state index contributed by atoms with van der Waals surface area (Å²) < 4.78 is 30.4. The molecule has 3 heterocycles. The second-order valence-electron chi connectivity index (χ2n) is 9.93. The molecule has 11 heteroatoms. The lowest BCUT2D eigenvalue weighted by Crippen LogP contribution is -2.39. The lowest BCUT2D eigenvalue weighted by atomic mass is 9.95. The molecule has 3 aromatic carbocycles. The van der Waals surface area contributed by atoms with E-state index in [-0.39, 0.29) is 25.6 Å². The van der Waals surface area contributed by atoms with Crippen LogP contribution in [0.2, 0.25) is 5.02 Å². The van der Waals surface area contributed by atoms with Crippen LogP contribution < -0.4 is 33.8 Å². The minimum absolute atomic E-state index is 0.106. The van der Waals surface area contributed by atoms with Crippen molar-refractivity contribution >= 4 is 35.0 Å². The smallest absolute Gasteiger partial charge is 0.338 e. The van der Waals surface area contributed by atoms with Gasteiger partial charge in [-0.1, -0.05) is 53.3 Å². The second-order valence-corrected chi connectivity index (χ2v) is 11.4. The molecule has 0 saturated carbocycles. The van der Waals surface area contributed by atoms with Crippen molar-refractivity contribution in [3.8, 4) is 23.0 Å². The van der Waals surface area contributed by atoms with Crippen LogP contribution >= 0.6 is 22.9 Å². The molecule has 2 aliphatic rings. The number of aromatic nitrogens is 1. The van der Waals surface area contributed by atoms with Crippen molar-refractivity contribution in [3.63, 3.8) is 0 Å². The summed E-state index contributed by atoms with van der Waals surface area (Å²) in [5.74, 6) is 1.72. The summed E-state index contributed by atoms with van der Waals surface area (Å²) >= 11 is 7.54. The average Bonchev–Trinajstić information content (AvgIpc) is 3.60. The Morgan fingerprint density at radius 3 is 2.66 bits per heavy atom. The van der Waals surface area contributed by atoms with Gasteiger partial charge in [-0.25, -0.2) is 9.79 Å². The molecule has 0 spiro atoms. The number of allylic oxidation sites excluding steroid dienone is 1. The van der Waals surface area contributed by atoms with E-state index in [4.69, 9.17) is 35.3 Å². The maximum atomic E-state index is 14.0. The second kappa shape index (κ2) is 12.6. The molecule has 0 bridgehead atoms. The zero-order chi connectivity index (χ0) is 30.8. The van der Waals surface area contributed by atoms with Gasteiger partial charge in [-0.15, -0.1) is 0 Å². The lowest BCUT2D eigenvalue weighted by molar-refractivity contribution is -0.139. The van der Waals surface area contributed by atoms with Crippen molar-refractivity contribution < 1.29 is 28.5 Å². The quantitative estimate of drug-likeness (QED) is 0.235. The molecule has 0 fully saturated rings. The fourth-order valence-corrected chi connectivity index (χ4v) is 6.35. The highest BCUT2D eigenvalue weighted by molar-refractivity contribution is 7.07. The van der Waals surface area contributed by atoms with Gasteiger partial charge in [-0.3, -0.25) is 9.36 Å². The zero-order valence-corrected chi connectivity index (χ0v) is 25.9. The summed E-state index contributed by atoms with van der Waals surface area (Å²) in [6.07, 6.45) is 1.78. The maximum Gasteiger partial charge on any atom is 0.338 e. The Morgan fingerprint density at radius 1 is 1.05 bits per heavy atom. The molecule has 44 heavy (non-hydrogen) atoms. The van der Waals surface area contributed by atoms with Crippen molar-refractivity contribution in [2.45, 2.75) is 33.4 Å². The molecule has 1 aromatic heterocycles. The molecule has 226 valence electrons. The molecule has 2 aliphatic heterocycles. The monoisotopic (exact) mass is 632 g/mol. The van der Waals surface area contributed by atoms with Gasteiger partial charge < -0.3 is 23.7 Å². The number of hydrogen-bond donors (Lipinski definition) is 0. The van der Waals surface area contributed by atoms with E-state index in [1.807, 2.05) is 55.5 Å². The molecule has 0 radical (unpaired) electrons. The van der Waals surface area contributed by atoms with Gasteiger partial charge in [0.25, 0.3) is 5.56 Å². The number of nitrogens with zero attached hydrogens (tertiary/aromatic N) is 2. The van der Waals surface area contributed by atoms with Gasteiger partial charge >= 0.3 is 5.97 Å². The number of fused-ring (bicyclic) bond motifs is 2. The number of rotatable bonds is 9. The number of halogens is 1. The zero-order valence-electron chi connectivity index (χ0n) is 24.3. The van der Waals surface area contributed by atoms with Crippen LogP contribution in [0.25, 0.3) is 6.08 Å². The summed E-state index contributed by atoms with van der Waals surface area (Å²) in [5, 5.41) is 0.623. The predicted octanol–water partition coefficient (Wildman–Crippen LogP) is 5.16. The van der Waals surface area contributed by atoms with E-state index in [0.717, 1.165) is 11.1 Å². The predicted molar refractivity (Wildman–Crippen MR) is 166 cm³/mol. The van der Waals surface area contributed by atoms with E-state index in [1.54, 1.807) is 32.1 Å². The van der Waals surface area contributed by atoms with Crippen LogP contribution in [0.5, 0.6) is 23.0 Å². The molecule has 9 nitrogen and oxygen atoms in total. The van der Waals surface area contributed by atoms with Crippen LogP contribution in [0.3, 0.4) is 0 Å². The first-order valence-electron chi connectivity index (χ1n) is 14.1. The normalized spacial score (nSPS) is 15.5. The number of carbonyl (C=O) groups is 1. The van der Waals surface area contributed by atoms with Crippen molar-refractivity contribution in [1.82, 2.24) is 4.57 Å². The SMILES string of the molecule is CCOC(=O)C1=C(C)N=c2s/c(=C\c3ccc(OCc4ccccc4Cl)c(OCC)c3)c(=O)n2[C@@H]1c1ccc2c(c1)OCO2. The van der Waals surface area contributed by atoms with Crippen LogP contribution in [0.4, 0.5) is 0 Å². The Labute approximate surface area is 262 Å². The summed E-state index contributed by atoms with van der Waals surface area (Å²) in [6, 6.07) is 17.6. The van der Waals surface area contributed by atoms with Crippen LogP contribution in [0, 0.1) is 0 Å². The Balaban J connectivity index is 1.40. The third-order valence-corrected chi connectivity index (χ3v) is 8.49. The van der Waals surface area contributed by atoms with Gasteiger partial charge in [-0.2, -0.15) is 0 Å². The Hall–Kier alpha value is -4.54. The minimum atomic E-state index is -0.762. The first kappa shape index (κ1) is 29.5. The van der Waals surface area contributed by atoms with Gasteiger partial charge in [0.05, 0.1) is 35.1 Å². The van der Waals surface area contributed by atoms with Gasteiger partial charge in [0.15, 0.2) is 27.8 Å². The molecular formula is C33H29ClN2O7S. The van der Waals surface area contributed by atoms with Gasteiger partial charge in [-0.05, 0) is 68.3 Å². The summed E-state index contributed by atoms with van der Waals surface area (Å²) in [6.45, 7) is 6.38. The van der Waals surface area contributed by atoms with Crippen molar-refractivity contribution in [2.24, 2.45) is 4.99 Å². The average molecular weight is 633 g/mol. The molecule has 0 aliphatic carbocycles. The highest BCUT2D eigenvalue weighted by atomic mass is 35.5. The Bertz CT molecular complexity index is 1960. The van der Waals surface area contributed by atoms with E-state index >= 15 is 0 Å².